The zero-order chi connectivity index (χ0) is 13.4. The van der Waals surface area contributed by atoms with Crippen LogP contribution in [-0.4, -0.2) is 44.7 Å². The molecule has 3 rings (SSSR count). The number of β-amino-alcohol motifs (C(OH)–C–C–N with tert-alkyl or cyclic N) is 1. The summed E-state index contributed by atoms with van der Waals surface area (Å²) in [5, 5.41) is 9.20. The first kappa shape index (κ1) is 12.4. The van der Waals surface area contributed by atoms with Crippen LogP contribution in [0.15, 0.2) is 41.3 Å². The fourth-order valence-corrected chi connectivity index (χ4v) is 2.24. The normalized spacial score (nSPS) is 15.4. The number of aromatic nitrogens is 2. The van der Waals surface area contributed by atoms with Gasteiger partial charge in [-0.15, -0.1) is 0 Å². The van der Waals surface area contributed by atoms with E-state index < -0.39 is 6.10 Å². The fraction of sp³-hybridized carbons (Fsp3) is 0.231. The van der Waals surface area contributed by atoms with E-state index in [0.717, 1.165) is 10.2 Å². The van der Waals surface area contributed by atoms with Gasteiger partial charge < -0.3 is 14.6 Å². The van der Waals surface area contributed by atoms with Gasteiger partial charge in [-0.25, -0.2) is 4.98 Å². The largest absolute Gasteiger partial charge is 0.389 e. The van der Waals surface area contributed by atoms with Crippen molar-refractivity contribution in [1.29, 1.82) is 0 Å². The molecule has 0 bridgehead atoms. The molecule has 1 N–H and O–H groups in total. The van der Waals surface area contributed by atoms with Crippen molar-refractivity contribution in [2.45, 2.75) is 6.10 Å². The van der Waals surface area contributed by atoms with Gasteiger partial charge in [0, 0.05) is 29.4 Å². The van der Waals surface area contributed by atoms with Gasteiger partial charge in [-0.2, -0.15) is 0 Å². The highest BCUT2D eigenvalue weighted by Crippen LogP contribution is 2.16. The van der Waals surface area contributed by atoms with Crippen molar-refractivity contribution in [2.24, 2.45) is 0 Å². The van der Waals surface area contributed by atoms with Gasteiger partial charge >= 0.3 is 0 Å². The van der Waals surface area contributed by atoms with E-state index in [1.807, 2.05) is 24.3 Å². The average Bonchev–Trinajstić information content (AvgIpc) is 2.85. The molecular formula is C13H12BrN3O2. The molecule has 0 atom stereocenters. The zero-order valence-electron chi connectivity index (χ0n) is 10.0. The van der Waals surface area contributed by atoms with E-state index >= 15 is 0 Å². The standard InChI is InChI=1S/C13H12BrN3O2/c14-9-1-3-10(4-2-9)17-7-12(15-8-17)13(19)16-5-11(18)6-16/h1-4,7-8,11,18H,5-6H2. The molecule has 0 spiro atoms. The van der Waals surface area contributed by atoms with Crippen molar-refractivity contribution in [3.05, 3.63) is 47.0 Å². The van der Waals surface area contributed by atoms with Crippen LogP contribution < -0.4 is 0 Å². The maximum absolute atomic E-state index is 12.0. The summed E-state index contributed by atoms with van der Waals surface area (Å²) in [5.41, 5.74) is 1.34. The number of amides is 1. The van der Waals surface area contributed by atoms with Crippen LogP contribution in [0.5, 0.6) is 0 Å². The number of halogens is 1. The lowest BCUT2D eigenvalue weighted by molar-refractivity contribution is 0.00553. The first-order valence-corrected chi connectivity index (χ1v) is 6.70. The Balaban J connectivity index is 1.79. The first-order chi connectivity index (χ1) is 9.13. The van der Waals surface area contributed by atoms with Crippen LogP contribution in [0.2, 0.25) is 0 Å². The lowest BCUT2D eigenvalue weighted by Gasteiger charge is -2.35. The molecule has 1 fully saturated rings. The van der Waals surface area contributed by atoms with Crippen LogP contribution in [0.1, 0.15) is 10.5 Å². The summed E-state index contributed by atoms with van der Waals surface area (Å²) in [6, 6.07) is 7.74. The van der Waals surface area contributed by atoms with Gasteiger partial charge in [-0.05, 0) is 24.3 Å². The van der Waals surface area contributed by atoms with Crippen LogP contribution >= 0.6 is 15.9 Å². The van der Waals surface area contributed by atoms with E-state index in [1.54, 1.807) is 22.0 Å². The Morgan fingerprint density at radius 3 is 2.63 bits per heavy atom. The van der Waals surface area contributed by atoms with Crippen molar-refractivity contribution in [3.8, 4) is 5.69 Å². The summed E-state index contributed by atoms with van der Waals surface area (Å²) in [4.78, 5) is 17.7. The smallest absolute Gasteiger partial charge is 0.274 e. The molecule has 0 saturated carbocycles. The number of aliphatic hydroxyl groups is 1. The van der Waals surface area contributed by atoms with Gasteiger partial charge in [0.1, 0.15) is 12.0 Å². The van der Waals surface area contributed by atoms with Crippen LogP contribution in [0, 0.1) is 0 Å². The van der Waals surface area contributed by atoms with Crippen LogP contribution in [0.25, 0.3) is 5.69 Å². The third-order valence-corrected chi connectivity index (χ3v) is 3.60. The Morgan fingerprint density at radius 1 is 1.32 bits per heavy atom. The molecule has 1 amide bonds. The second kappa shape index (κ2) is 4.79. The van der Waals surface area contributed by atoms with Gasteiger partial charge in [0.05, 0.1) is 6.10 Å². The number of carbonyl (C=O) groups excluding carboxylic acids is 1. The molecule has 1 saturated heterocycles. The number of likely N-dealkylation sites (tertiary alicyclic amines) is 1. The summed E-state index contributed by atoms with van der Waals surface area (Å²) in [6.07, 6.45) is 2.93. The zero-order valence-corrected chi connectivity index (χ0v) is 11.6. The number of nitrogens with zero attached hydrogens (tertiary/aromatic N) is 3. The highest BCUT2D eigenvalue weighted by atomic mass is 79.9. The Bertz CT molecular complexity index is 603. The summed E-state index contributed by atoms with van der Waals surface area (Å²) < 4.78 is 2.80. The van der Waals surface area contributed by atoms with Crippen molar-refractivity contribution in [3.63, 3.8) is 0 Å². The second-order valence-electron chi connectivity index (χ2n) is 4.51. The summed E-state index contributed by atoms with van der Waals surface area (Å²) in [5.74, 6) is -0.138. The van der Waals surface area contributed by atoms with Crippen LogP contribution in [-0.2, 0) is 0 Å². The molecule has 5 nitrogen and oxygen atoms in total. The molecule has 1 aliphatic rings. The molecule has 1 aromatic heterocycles. The van der Waals surface area contributed by atoms with Gasteiger partial charge in [0.15, 0.2) is 0 Å². The van der Waals surface area contributed by atoms with Crippen molar-refractivity contribution >= 4 is 21.8 Å². The average molecular weight is 322 g/mol. The third kappa shape index (κ3) is 2.41. The molecule has 2 aromatic rings. The maximum Gasteiger partial charge on any atom is 0.274 e. The minimum atomic E-state index is -0.391. The lowest BCUT2D eigenvalue weighted by atomic mass is 10.1. The number of benzene rings is 1. The number of hydrogen-bond acceptors (Lipinski definition) is 3. The fourth-order valence-electron chi connectivity index (χ4n) is 1.97. The number of hydrogen-bond donors (Lipinski definition) is 1. The Morgan fingerprint density at radius 2 is 2.00 bits per heavy atom. The van der Waals surface area contributed by atoms with Crippen molar-refractivity contribution in [2.75, 3.05) is 13.1 Å². The summed E-state index contributed by atoms with van der Waals surface area (Å²) in [6.45, 7) is 0.786. The number of imidazole rings is 1. The number of rotatable bonds is 2. The van der Waals surface area contributed by atoms with E-state index in [1.165, 1.54) is 0 Å². The van der Waals surface area contributed by atoms with Crippen LogP contribution in [0.3, 0.4) is 0 Å². The Kier molecular flexibility index (Phi) is 3.12. The topological polar surface area (TPSA) is 58.4 Å². The van der Waals surface area contributed by atoms with E-state index in [-0.39, 0.29) is 5.91 Å². The monoisotopic (exact) mass is 321 g/mol. The van der Waals surface area contributed by atoms with E-state index in [2.05, 4.69) is 20.9 Å². The molecule has 6 heteroatoms. The molecule has 0 unspecified atom stereocenters. The molecule has 1 aliphatic heterocycles. The maximum atomic E-state index is 12.0. The molecule has 0 aliphatic carbocycles. The number of aliphatic hydroxyl groups excluding tert-OH is 1. The van der Waals surface area contributed by atoms with Gasteiger partial charge in [-0.1, -0.05) is 15.9 Å². The van der Waals surface area contributed by atoms with E-state index in [9.17, 15) is 9.90 Å². The minimum absolute atomic E-state index is 0.138. The molecule has 1 aromatic carbocycles. The van der Waals surface area contributed by atoms with Crippen molar-refractivity contribution < 1.29 is 9.90 Å². The van der Waals surface area contributed by atoms with Crippen LogP contribution in [0.4, 0.5) is 0 Å². The van der Waals surface area contributed by atoms with Crippen molar-refractivity contribution in [1.82, 2.24) is 14.5 Å². The summed E-state index contributed by atoms with van der Waals surface area (Å²) in [7, 11) is 0. The van der Waals surface area contributed by atoms with Gasteiger partial charge in [-0.3, -0.25) is 4.79 Å². The van der Waals surface area contributed by atoms with E-state index in [4.69, 9.17) is 0 Å². The molecular weight excluding hydrogens is 310 g/mol. The molecule has 2 heterocycles. The lowest BCUT2D eigenvalue weighted by Crippen LogP contribution is -2.53. The van der Waals surface area contributed by atoms with E-state index in [0.29, 0.717) is 18.8 Å². The van der Waals surface area contributed by atoms with Gasteiger partial charge in [0.2, 0.25) is 0 Å². The minimum Gasteiger partial charge on any atom is -0.389 e. The molecule has 98 valence electrons. The highest BCUT2D eigenvalue weighted by molar-refractivity contribution is 9.10. The first-order valence-electron chi connectivity index (χ1n) is 5.91. The second-order valence-corrected chi connectivity index (χ2v) is 5.42. The SMILES string of the molecule is O=C(c1cn(-c2ccc(Br)cc2)cn1)N1CC(O)C1. The molecule has 19 heavy (non-hydrogen) atoms. The number of carbonyl (C=O) groups is 1. The predicted octanol–water partition coefficient (Wildman–Crippen LogP) is 1.45. The third-order valence-electron chi connectivity index (χ3n) is 3.08. The predicted molar refractivity (Wildman–Crippen MR) is 73.2 cm³/mol. The van der Waals surface area contributed by atoms with Gasteiger partial charge in [0.25, 0.3) is 5.91 Å². The highest BCUT2D eigenvalue weighted by Gasteiger charge is 2.30. The summed E-state index contributed by atoms with van der Waals surface area (Å²) >= 11 is 3.38. The quantitative estimate of drug-likeness (QED) is 0.910. The molecule has 0 radical (unpaired) electrons. The Labute approximate surface area is 118 Å². The Hall–Kier alpha value is -1.66.